The van der Waals surface area contributed by atoms with Gasteiger partial charge in [0, 0.05) is 19.4 Å². The summed E-state index contributed by atoms with van der Waals surface area (Å²) in [5.74, 6) is -0.384. The molecule has 0 radical (unpaired) electrons. The fraction of sp³-hybridized carbons (Fsp3) is 0.927. The van der Waals surface area contributed by atoms with E-state index in [1.54, 1.807) is 0 Å². The van der Waals surface area contributed by atoms with Gasteiger partial charge in [-0.25, -0.2) is 0 Å². The highest BCUT2D eigenvalue weighted by Gasteiger charge is 2.17. The van der Waals surface area contributed by atoms with Crippen molar-refractivity contribution in [1.82, 2.24) is 0 Å². The van der Waals surface area contributed by atoms with Crippen molar-refractivity contribution in [2.24, 2.45) is 0 Å². The molecule has 0 amide bonds. The zero-order valence-corrected chi connectivity index (χ0v) is 41.0. The Morgan fingerprint density at radius 3 is 1.03 bits per heavy atom. The van der Waals surface area contributed by atoms with E-state index >= 15 is 0 Å². The summed E-state index contributed by atoms with van der Waals surface area (Å²) in [4.78, 5) is 25.4. The van der Waals surface area contributed by atoms with E-state index in [-0.39, 0.29) is 18.5 Å². The van der Waals surface area contributed by atoms with Gasteiger partial charge in [-0.3, -0.25) is 9.59 Å². The molecule has 0 spiro atoms. The van der Waals surface area contributed by atoms with Gasteiger partial charge in [0.25, 0.3) is 0 Å². The second-order valence-corrected chi connectivity index (χ2v) is 18.5. The lowest BCUT2D eigenvalue weighted by molar-refractivity contribution is -0.163. The summed E-state index contributed by atoms with van der Waals surface area (Å²) in [7, 11) is 0. The first-order valence-electron chi connectivity index (χ1n) is 27.2. The van der Waals surface area contributed by atoms with Gasteiger partial charge in [0.05, 0.1) is 6.61 Å². The molecule has 5 heteroatoms. The third-order valence-electron chi connectivity index (χ3n) is 12.3. The maximum absolute atomic E-state index is 12.8. The molecule has 0 aliphatic carbocycles. The number of carbonyl (C=O) groups is 2. The monoisotopic (exact) mass is 847 g/mol. The second-order valence-electron chi connectivity index (χ2n) is 18.5. The van der Waals surface area contributed by atoms with Gasteiger partial charge < -0.3 is 14.2 Å². The minimum absolute atomic E-state index is 0.0904. The van der Waals surface area contributed by atoms with Crippen LogP contribution in [0.25, 0.3) is 0 Å². The topological polar surface area (TPSA) is 61.8 Å². The van der Waals surface area contributed by atoms with Crippen molar-refractivity contribution in [3.05, 3.63) is 12.2 Å². The molecule has 0 aliphatic rings. The normalized spacial score (nSPS) is 12.1. The third-order valence-corrected chi connectivity index (χ3v) is 12.3. The third kappa shape index (κ3) is 49.3. The van der Waals surface area contributed by atoms with Crippen LogP contribution in [0, 0.1) is 0 Å². The fourth-order valence-electron chi connectivity index (χ4n) is 8.21. The molecule has 60 heavy (non-hydrogen) atoms. The quantitative estimate of drug-likeness (QED) is 0.0347. The number of unbranched alkanes of at least 4 members (excludes halogenated alkanes) is 38. The van der Waals surface area contributed by atoms with E-state index in [0.29, 0.717) is 26.1 Å². The zero-order chi connectivity index (χ0) is 43.5. The lowest BCUT2D eigenvalue weighted by atomic mass is 10.0. The predicted octanol–water partition coefficient (Wildman–Crippen LogP) is 18.2. The van der Waals surface area contributed by atoms with Gasteiger partial charge in [-0.1, -0.05) is 258 Å². The molecule has 0 unspecified atom stereocenters. The van der Waals surface area contributed by atoms with Crippen LogP contribution < -0.4 is 0 Å². The maximum atomic E-state index is 12.8. The van der Waals surface area contributed by atoms with E-state index in [2.05, 4.69) is 32.9 Å². The molecule has 0 aromatic heterocycles. The maximum Gasteiger partial charge on any atom is 0.306 e. The molecule has 0 aromatic rings. The van der Waals surface area contributed by atoms with Crippen molar-refractivity contribution < 1.29 is 23.8 Å². The Balaban J connectivity index is 4.21. The first-order valence-corrected chi connectivity index (χ1v) is 27.2. The average molecular weight is 847 g/mol. The minimum Gasteiger partial charge on any atom is -0.462 e. The van der Waals surface area contributed by atoms with Gasteiger partial charge in [0.15, 0.2) is 6.10 Å². The Kier molecular flexibility index (Phi) is 50.8. The smallest absolute Gasteiger partial charge is 0.306 e. The fourth-order valence-corrected chi connectivity index (χ4v) is 8.21. The average Bonchev–Trinajstić information content (AvgIpc) is 3.25. The largest absolute Gasteiger partial charge is 0.462 e. The summed E-state index contributed by atoms with van der Waals surface area (Å²) in [6.07, 6.45) is 59.3. The van der Waals surface area contributed by atoms with Crippen LogP contribution in [0.3, 0.4) is 0 Å². The Bertz CT molecular complexity index is 871. The Hall–Kier alpha value is -1.36. The number of hydrogen-bond donors (Lipinski definition) is 0. The second kappa shape index (κ2) is 52.0. The van der Waals surface area contributed by atoms with Crippen LogP contribution in [0.1, 0.15) is 303 Å². The summed E-state index contributed by atoms with van der Waals surface area (Å²) < 4.78 is 17.4. The molecule has 0 saturated heterocycles. The van der Waals surface area contributed by atoms with Gasteiger partial charge in [0.1, 0.15) is 6.61 Å². The molecule has 356 valence electrons. The van der Waals surface area contributed by atoms with Crippen molar-refractivity contribution in [1.29, 1.82) is 0 Å². The number of esters is 2. The lowest BCUT2D eigenvalue weighted by Gasteiger charge is -2.18. The van der Waals surface area contributed by atoms with Crippen molar-refractivity contribution in [2.45, 2.75) is 309 Å². The van der Waals surface area contributed by atoms with Crippen molar-refractivity contribution >= 4 is 11.9 Å². The van der Waals surface area contributed by atoms with E-state index in [9.17, 15) is 9.59 Å². The predicted molar refractivity (Wildman–Crippen MR) is 261 cm³/mol. The van der Waals surface area contributed by atoms with Crippen molar-refractivity contribution in [2.75, 3.05) is 19.8 Å². The van der Waals surface area contributed by atoms with Gasteiger partial charge in [-0.2, -0.15) is 0 Å². The molecule has 0 saturated carbocycles. The van der Waals surface area contributed by atoms with Crippen LogP contribution in [0.15, 0.2) is 12.2 Å². The van der Waals surface area contributed by atoms with E-state index in [0.717, 1.165) is 44.9 Å². The number of hydrogen-bond acceptors (Lipinski definition) is 5. The lowest BCUT2D eigenvalue weighted by Crippen LogP contribution is -2.30. The van der Waals surface area contributed by atoms with Crippen LogP contribution in [-0.4, -0.2) is 37.9 Å². The van der Waals surface area contributed by atoms with Gasteiger partial charge in [-0.05, 0) is 44.9 Å². The summed E-state index contributed by atoms with van der Waals surface area (Å²) in [6.45, 7) is 7.88. The molecule has 0 bridgehead atoms. The number of carbonyl (C=O) groups excluding carboxylic acids is 2. The number of rotatable bonds is 51. The Morgan fingerprint density at radius 1 is 0.350 bits per heavy atom. The van der Waals surface area contributed by atoms with Crippen molar-refractivity contribution in [3.63, 3.8) is 0 Å². The van der Waals surface area contributed by atoms with E-state index in [1.165, 1.54) is 225 Å². The SMILES string of the molecule is CCCCCC/C=C\CCCCCCCC(=O)OC[C@@H](COCCCCCCCCCCCCCCCCCC)OC(=O)CCCCCCCCCCCCCCCCC. The molecular formula is C55H106O5. The highest BCUT2D eigenvalue weighted by Crippen LogP contribution is 2.16. The van der Waals surface area contributed by atoms with E-state index < -0.39 is 6.10 Å². The molecule has 0 rings (SSSR count). The van der Waals surface area contributed by atoms with Crippen LogP contribution in [-0.2, 0) is 23.8 Å². The first kappa shape index (κ1) is 58.6. The highest BCUT2D eigenvalue weighted by molar-refractivity contribution is 5.70. The molecule has 0 aromatic carbocycles. The summed E-state index contributed by atoms with van der Waals surface area (Å²) in [6, 6.07) is 0. The molecule has 0 N–H and O–H groups in total. The van der Waals surface area contributed by atoms with Gasteiger partial charge >= 0.3 is 11.9 Å². The summed E-state index contributed by atoms with van der Waals surface area (Å²) in [5.41, 5.74) is 0. The van der Waals surface area contributed by atoms with Crippen LogP contribution in [0.2, 0.25) is 0 Å². The Morgan fingerprint density at radius 2 is 0.650 bits per heavy atom. The Labute approximate surface area is 375 Å². The standard InChI is InChI=1S/C55H106O5/c1-4-7-10-13-16-19-22-25-27-29-32-35-38-41-44-47-50-58-51-53(52-59-54(56)48-45-42-39-36-33-30-24-21-18-15-12-9-6-3)60-55(57)49-46-43-40-37-34-31-28-26-23-20-17-14-11-8-5-2/h21,24,53H,4-20,22-23,25-52H2,1-3H3/b24-21-/t53-/m1/s1. The van der Waals surface area contributed by atoms with E-state index in [1.807, 2.05) is 0 Å². The molecule has 5 nitrogen and oxygen atoms in total. The summed E-state index contributed by atoms with van der Waals surface area (Å²) in [5, 5.41) is 0. The minimum atomic E-state index is -0.529. The van der Waals surface area contributed by atoms with Crippen molar-refractivity contribution in [3.8, 4) is 0 Å². The van der Waals surface area contributed by atoms with Crippen LogP contribution in [0.5, 0.6) is 0 Å². The van der Waals surface area contributed by atoms with Gasteiger partial charge in [-0.15, -0.1) is 0 Å². The highest BCUT2D eigenvalue weighted by atomic mass is 16.6. The molecule has 0 fully saturated rings. The van der Waals surface area contributed by atoms with Crippen LogP contribution >= 0.6 is 0 Å². The molecular weight excluding hydrogens is 741 g/mol. The number of allylic oxidation sites excluding steroid dienone is 2. The molecule has 1 atom stereocenters. The van der Waals surface area contributed by atoms with Crippen LogP contribution in [0.4, 0.5) is 0 Å². The zero-order valence-electron chi connectivity index (χ0n) is 41.0. The molecule has 0 heterocycles. The van der Waals surface area contributed by atoms with Gasteiger partial charge in [0.2, 0.25) is 0 Å². The first-order chi connectivity index (χ1) is 29.6. The number of ether oxygens (including phenoxy) is 3. The summed E-state index contributed by atoms with van der Waals surface area (Å²) >= 11 is 0. The molecule has 0 aliphatic heterocycles. The van der Waals surface area contributed by atoms with E-state index in [4.69, 9.17) is 14.2 Å².